The fraction of sp³-hybridized carbons (Fsp3) is 1.00. The molecule has 1 nitrogen and oxygen atoms in total. The van der Waals surface area contributed by atoms with Crippen LogP contribution in [0.15, 0.2) is 0 Å². The monoisotopic (exact) mass is 189 g/mol. The SMILES string of the molecule is CCC(C)NCSC(C)(C)CC. The molecule has 12 heavy (non-hydrogen) atoms. The zero-order valence-electron chi connectivity index (χ0n) is 9.11. The van der Waals surface area contributed by atoms with Crippen LogP contribution in [-0.2, 0) is 0 Å². The lowest BCUT2D eigenvalue weighted by Crippen LogP contribution is -2.27. The fourth-order valence-electron chi connectivity index (χ4n) is 0.626. The third-order valence-electron chi connectivity index (χ3n) is 2.36. The summed E-state index contributed by atoms with van der Waals surface area (Å²) in [4.78, 5) is 0. The molecule has 1 atom stereocenters. The highest BCUT2D eigenvalue weighted by atomic mass is 32.2. The van der Waals surface area contributed by atoms with E-state index in [4.69, 9.17) is 0 Å². The van der Waals surface area contributed by atoms with Crippen LogP contribution in [0.2, 0.25) is 0 Å². The average Bonchev–Trinajstić information content (AvgIpc) is 2.04. The van der Waals surface area contributed by atoms with Crippen LogP contribution < -0.4 is 5.32 Å². The standard InChI is InChI=1S/C10H23NS/c1-6-9(3)11-8-12-10(4,5)7-2/h9,11H,6-8H2,1-5H3. The lowest BCUT2D eigenvalue weighted by atomic mass is 10.1. The predicted molar refractivity (Wildman–Crippen MR) is 59.7 cm³/mol. The van der Waals surface area contributed by atoms with Gasteiger partial charge in [-0.2, -0.15) is 0 Å². The molecule has 0 aromatic rings. The lowest BCUT2D eigenvalue weighted by Gasteiger charge is -2.23. The van der Waals surface area contributed by atoms with Gasteiger partial charge in [0.1, 0.15) is 0 Å². The van der Waals surface area contributed by atoms with E-state index in [1.807, 2.05) is 11.8 Å². The van der Waals surface area contributed by atoms with Crippen LogP contribution in [0.25, 0.3) is 0 Å². The largest absolute Gasteiger partial charge is 0.305 e. The Kier molecular flexibility index (Phi) is 6.02. The molecule has 0 aliphatic heterocycles. The summed E-state index contributed by atoms with van der Waals surface area (Å²) in [6.45, 7) is 11.3. The fourth-order valence-corrected chi connectivity index (χ4v) is 1.59. The second kappa shape index (κ2) is 5.87. The normalized spacial score (nSPS) is 14.8. The Morgan fingerprint density at radius 2 is 1.92 bits per heavy atom. The van der Waals surface area contributed by atoms with E-state index in [2.05, 4.69) is 39.9 Å². The van der Waals surface area contributed by atoms with Crippen LogP contribution in [0, 0.1) is 0 Å². The average molecular weight is 189 g/mol. The maximum Gasteiger partial charge on any atom is 0.0425 e. The van der Waals surface area contributed by atoms with Gasteiger partial charge < -0.3 is 5.32 Å². The minimum absolute atomic E-state index is 0.431. The van der Waals surface area contributed by atoms with Crippen molar-refractivity contribution in [3.63, 3.8) is 0 Å². The van der Waals surface area contributed by atoms with Crippen LogP contribution in [0.1, 0.15) is 47.5 Å². The first kappa shape index (κ1) is 12.3. The van der Waals surface area contributed by atoms with Gasteiger partial charge in [0.05, 0.1) is 0 Å². The molecule has 0 aliphatic rings. The molecule has 0 aromatic carbocycles. The van der Waals surface area contributed by atoms with Gasteiger partial charge in [-0.1, -0.05) is 27.7 Å². The van der Waals surface area contributed by atoms with Crippen molar-refractivity contribution in [1.29, 1.82) is 0 Å². The molecule has 0 rings (SSSR count). The van der Waals surface area contributed by atoms with E-state index < -0.39 is 0 Å². The summed E-state index contributed by atoms with van der Waals surface area (Å²) in [7, 11) is 0. The molecule has 2 heteroatoms. The van der Waals surface area contributed by atoms with E-state index in [0.29, 0.717) is 10.8 Å². The van der Waals surface area contributed by atoms with Gasteiger partial charge in [0.2, 0.25) is 0 Å². The van der Waals surface area contributed by atoms with Gasteiger partial charge >= 0.3 is 0 Å². The Balaban J connectivity index is 3.42. The third-order valence-corrected chi connectivity index (χ3v) is 3.74. The van der Waals surface area contributed by atoms with E-state index >= 15 is 0 Å². The van der Waals surface area contributed by atoms with E-state index in [1.165, 1.54) is 12.8 Å². The van der Waals surface area contributed by atoms with Crippen molar-refractivity contribution in [2.45, 2.75) is 58.2 Å². The predicted octanol–water partition coefficient (Wildman–Crippen LogP) is 3.25. The highest BCUT2D eigenvalue weighted by Gasteiger charge is 2.14. The molecule has 0 bridgehead atoms. The van der Waals surface area contributed by atoms with Gasteiger partial charge in [-0.25, -0.2) is 0 Å². The summed E-state index contributed by atoms with van der Waals surface area (Å²) >= 11 is 2.01. The van der Waals surface area contributed by atoms with Crippen LogP contribution >= 0.6 is 11.8 Å². The Bertz CT molecular complexity index is 112. The number of hydrogen-bond acceptors (Lipinski definition) is 2. The first-order valence-corrected chi connectivity index (χ1v) is 5.87. The molecule has 0 radical (unpaired) electrons. The smallest absolute Gasteiger partial charge is 0.0425 e. The number of thioether (sulfide) groups is 1. The van der Waals surface area contributed by atoms with Crippen molar-refractivity contribution in [2.75, 3.05) is 5.88 Å². The molecule has 1 unspecified atom stereocenters. The molecule has 0 heterocycles. The van der Waals surface area contributed by atoms with Gasteiger partial charge in [-0.05, 0) is 19.8 Å². The van der Waals surface area contributed by atoms with Gasteiger partial charge in [0.15, 0.2) is 0 Å². The number of nitrogens with one attached hydrogen (secondary N) is 1. The summed E-state index contributed by atoms with van der Waals surface area (Å²) in [5, 5.41) is 3.49. The van der Waals surface area contributed by atoms with Gasteiger partial charge in [0, 0.05) is 16.7 Å². The Hall–Kier alpha value is 0.310. The maximum atomic E-state index is 3.49. The number of rotatable bonds is 6. The maximum absolute atomic E-state index is 3.49. The summed E-state index contributed by atoms with van der Waals surface area (Å²) in [6.07, 6.45) is 2.45. The third kappa shape index (κ3) is 5.90. The van der Waals surface area contributed by atoms with Gasteiger partial charge in [-0.15, -0.1) is 11.8 Å². The Morgan fingerprint density at radius 3 is 2.33 bits per heavy atom. The molecule has 0 spiro atoms. The van der Waals surface area contributed by atoms with Crippen LogP contribution in [0.3, 0.4) is 0 Å². The van der Waals surface area contributed by atoms with Crippen molar-refractivity contribution in [1.82, 2.24) is 5.32 Å². The molecular weight excluding hydrogens is 166 g/mol. The number of hydrogen-bond donors (Lipinski definition) is 1. The highest BCUT2D eigenvalue weighted by molar-refractivity contribution is 8.00. The highest BCUT2D eigenvalue weighted by Crippen LogP contribution is 2.26. The van der Waals surface area contributed by atoms with Crippen molar-refractivity contribution in [3.05, 3.63) is 0 Å². The summed E-state index contributed by atoms with van der Waals surface area (Å²) in [6, 6.07) is 0.658. The molecule has 74 valence electrons. The van der Waals surface area contributed by atoms with E-state index in [9.17, 15) is 0 Å². The minimum Gasteiger partial charge on any atom is -0.305 e. The Labute approximate surface area is 81.7 Å². The van der Waals surface area contributed by atoms with E-state index in [0.717, 1.165) is 5.88 Å². The quantitative estimate of drug-likeness (QED) is 0.644. The summed E-state index contributed by atoms with van der Waals surface area (Å²) in [5.41, 5.74) is 0. The van der Waals surface area contributed by atoms with Gasteiger partial charge in [-0.3, -0.25) is 0 Å². The zero-order chi connectivity index (χ0) is 9.61. The van der Waals surface area contributed by atoms with Crippen LogP contribution in [0.5, 0.6) is 0 Å². The topological polar surface area (TPSA) is 12.0 Å². The molecular formula is C10H23NS. The molecule has 0 aromatic heterocycles. The molecule has 0 saturated heterocycles. The molecule has 0 fully saturated rings. The van der Waals surface area contributed by atoms with E-state index in [-0.39, 0.29) is 0 Å². The lowest BCUT2D eigenvalue weighted by molar-refractivity contribution is 0.579. The van der Waals surface area contributed by atoms with E-state index in [1.54, 1.807) is 0 Å². The van der Waals surface area contributed by atoms with Crippen LogP contribution in [0.4, 0.5) is 0 Å². The second-order valence-electron chi connectivity index (χ2n) is 3.92. The molecule has 1 N–H and O–H groups in total. The summed E-state index contributed by atoms with van der Waals surface area (Å²) in [5.74, 6) is 1.08. The van der Waals surface area contributed by atoms with Gasteiger partial charge in [0.25, 0.3) is 0 Å². The summed E-state index contributed by atoms with van der Waals surface area (Å²) < 4.78 is 0.431. The Morgan fingerprint density at radius 1 is 1.33 bits per heavy atom. The van der Waals surface area contributed by atoms with Crippen LogP contribution in [-0.4, -0.2) is 16.7 Å². The van der Waals surface area contributed by atoms with Crippen molar-refractivity contribution < 1.29 is 0 Å². The first-order valence-electron chi connectivity index (χ1n) is 4.89. The molecule has 0 amide bonds. The van der Waals surface area contributed by atoms with Crippen molar-refractivity contribution >= 4 is 11.8 Å². The van der Waals surface area contributed by atoms with Crippen molar-refractivity contribution in [2.24, 2.45) is 0 Å². The molecule has 0 saturated carbocycles. The molecule has 0 aliphatic carbocycles. The zero-order valence-corrected chi connectivity index (χ0v) is 9.92. The second-order valence-corrected chi connectivity index (χ2v) is 5.60. The first-order chi connectivity index (χ1) is 5.52. The van der Waals surface area contributed by atoms with Crippen molar-refractivity contribution in [3.8, 4) is 0 Å². The minimum atomic E-state index is 0.431.